The molecule has 126 valence electrons. The molecule has 1 unspecified atom stereocenters. The Morgan fingerprint density at radius 3 is 2.75 bits per heavy atom. The van der Waals surface area contributed by atoms with Crippen LogP contribution in [0.2, 0.25) is 0 Å². The number of aromatic nitrogens is 5. The second-order valence-electron chi connectivity index (χ2n) is 5.53. The largest absolute Gasteiger partial charge is 0.465 e. The van der Waals surface area contributed by atoms with Crippen molar-refractivity contribution in [1.29, 1.82) is 0 Å². The summed E-state index contributed by atoms with van der Waals surface area (Å²) in [6.45, 7) is 1.67. The highest BCUT2D eigenvalue weighted by molar-refractivity contribution is 5.92. The molecule has 0 bridgehead atoms. The van der Waals surface area contributed by atoms with E-state index in [1.807, 2.05) is 0 Å². The third-order valence-electron chi connectivity index (χ3n) is 3.65. The lowest BCUT2D eigenvalue weighted by Gasteiger charge is -2.12. The molecule has 10 nitrogen and oxygen atoms in total. The highest BCUT2D eigenvalue weighted by Gasteiger charge is 2.31. The van der Waals surface area contributed by atoms with Crippen LogP contribution in [0.15, 0.2) is 12.4 Å². The summed E-state index contributed by atoms with van der Waals surface area (Å²) >= 11 is 0. The molecule has 2 aromatic rings. The van der Waals surface area contributed by atoms with Gasteiger partial charge in [0.1, 0.15) is 12.0 Å². The summed E-state index contributed by atoms with van der Waals surface area (Å²) in [4.78, 5) is 35.2. The van der Waals surface area contributed by atoms with Gasteiger partial charge < -0.3 is 15.7 Å². The second kappa shape index (κ2) is 6.22. The molecule has 2 amide bonds. The SMILES string of the molecule is CNC(=O)c1cc(-n2nc(C3CC3)nc2C(C)NC(=O)O)ncn1. The lowest BCUT2D eigenvalue weighted by atomic mass is 10.3. The first-order chi connectivity index (χ1) is 11.5. The number of rotatable bonds is 5. The first-order valence-corrected chi connectivity index (χ1v) is 7.50. The molecule has 0 aliphatic heterocycles. The van der Waals surface area contributed by atoms with E-state index in [-0.39, 0.29) is 11.6 Å². The van der Waals surface area contributed by atoms with Crippen molar-refractivity contribution >= 4 is 12.0 Å². The molecule has 0 aromatic carbocycles. The van der Waals surface area contributed by atoms with Crippen molar-refractivity contribution in [3.05, 3.63) is 29.7 Å². The van der Waals surface area contributed by atoms with Crippen LogP contribution in [0.5, 0.6) is 0 Å². The predicted molar refractivity (Wildman–Crippen MR) is 81.9 cm³/mol. The summed E-state index contributed by atoms with van der Waals surface area (Å²) in [7, 11) is 1.51. The molecule has 10 heteroatoms. The quantitative estimate of drug-likeness (QED) is 0.731. The second-order valence-corrected chi connectivity index (χ2v) is 5.53. The Morgan fingerprint density at radius 2 is 2.12 bits per heavy atom. The van der Waals surface area contributed by atoms with Gasteiger partial charge in [-0.2, -0.15) is 4.68 Å². The lowest BCUT2D eigenvalue weighted by molar-refractivity contribution is 0.0958. The number of carbonyl (C=O) groups is 2. The number of carbonyl (C=O) groups excluding carboxylic acids is 1. The smallest absolute Gasteiger partial charge is 0.405 e. The normalized spacial score (nSPS) is 14.9. The van der Waals surface area contributed by atoms with Gasteiger partial charge in [-0.1, -0.05) is 0 Å². The van der Waals surface area contributed by atoms with E-state index in [1.54, 1.807) is 6.92 Å². The first-order valence-electron chi connectivity index (χ1n) is 7.50. The minimum Gasteiger partial charge on any atom is -0.465 e. The van der Waals surface area contributed by atoms with Crippen molar-refractivity contribution in [2.24, 2.45) is 0 Å². The summed E-state index contributed by atoms with van der Waals surface area (Å²) < 4.78 is 1.46. The minimum atomic E-state index is -1.15. The van der Waals surface area contributed by atoms with Crippen molar-refractivity contribution in [3.63, 3.8) is 0 Å². The molecule has 3 rings (SSSR count). The summed E-state index contributed by atoms with van der Waals surface area (Å²) in [5, 5.41) is 18.2. The fourth-order valence-electron chi connectivity index (χ4n) is 2.27. The zero-order valence-corrected chi connectivity index (χ0v) is 13.2. The number of hydrogen-bond acceptors (Lipinski definition) is 6. The highest BCUT2D eigenvalue weighted by atomic mass is 16.4. The first kappa shape index (κ1) is 15.8. The monoisotopic (exact) mass is 331 g/mol. The fourth-order valence-corrected chi connectivity index (χ4v) is 2.27. The zero-order valence-electron chi connectivity index (χ0n) is 13.2. The van der Waals surface area contributed by atoms with Gasteiger partial charge in [0.05, 0.1) is 6.04 Å². The maximum absolute atomic E-state index is 11.7. The molecule has 1 saturated carbocycles. The summed E-state index contributed by atoms with van der Waals surface area (Å²) in [6, 6.07) is 0.905. The van der Waals surface area contributed by atoms with E-state index >= 15 is 0 Å². The van der Waals surface area contributed by atoms with Gasteiger partial charge in [0.2, 0.25) is 0 Å². The Kier molecular flexibility index (Phi) is 4.11. The van der Waals surface area contributed by atoms with Crippen LogP contribution in [-0.4, -0.2) is 48.9 Å². The summed E-state index contributed by atoms with van der Waals surface area (Å²) in [6.07, 6.45) is 2.13. The van der Waals surface area contributed by atoms with E-state index in [0.29, 0.717) is 23.4 Å². The maximum atomic E-state index is 11.7. The number of amides is 2. The van der Waals surface area contributed by atoms with Gasteiger partial charge >= 0.3 is 6.09 Å². The Bertz CT molecular complexity index is 784. The van der Waals surface area contributed by atoms with E-state index < -0.39 is 12.1 Å². The Balaban J connectivity index is 2.02. The molecule has 2 heterocycles. The van der Waals surface area contributed by atoms with Gasteiger partial charge in [-0.05, 0) is 19.8 Å². The van der Waals surface area contributed by atoms with E-state index in [2.05, 4.69) is 30.7 Å². The summed E-state index contributed by atoms with van der Waals surface area (Å²) in [5.41, 5.74) is 0.191. The molecular weight excluding hydrogens is 314 g/mol. The molecule has 24 heavy (non-hydrogen) atoms. The number of hydrogen-bond donors (Lipinski definition) is 3. The van der Waals surface area contributed by atoms with Gasteiger partial charge in [0, 0.05) is 19.0 Å². The van der Waals surface area contributed by atoms with Crippen LogP contribution in [0, 0.1) is 0 Å². The van der Waals surface area contributed by atoms with E-state index in [9.17, 15) is 9.59 Å². The van der Waals surface area contributed by atoms with Crippen LogP contribution in [0.4, 0.5) is 4.79 Å². The van der Waals surface area contributed by atoms with E-state index in [1.165, 1.54) is 24.1 Å². The highest BCUT2D eigenvalue weighted by Crippen LogP contribution is 2.38. The topological polar surface area (TPSA) is 135 Å². The standard InChI is InChI=1S/C14H17N7O3/c1-7(18-14(23)24)12-19-11(8-3-4-8)20-21(12)10-5-9(13(22)15-2)16-6-17-10/h5-8,18H,3-4H2,1-2H3,(H,15,22)(H,23,24). The van der Waals surface area contributed by atoms with Crippen molar-refractivity contribution in [3.8, 4) is 5.82 Å². The number of nitrogens with one attached hydrogen (secondary N) is 2. The van der Waals surface area contributed by atoms with Crippen LogP contribution in [0.25, 0.3) is 5.82 Å². The van der Waals surface area contributed by atoms with Gasteiger partial charge in [-0.15, -0.1) is 5.10 Å². The molecule has 0 saturated heterocycles. The van der Waals surface area contributed by atoms with Gasteiger partial charge in [0.15, 0.2) is 17.5 Å². The molecular formula is C14H17N7O3. The molecule has 1 fully saturated rings. The van der Waals surface area contributed by atoms with E-state index in [4.69, 9.17) is 5.11 Å². The van der Waals surface area contributed by atoms with Crippen LogP contribution < -0.4 is 10.6 Å². The van der Waals surface area contributed by atoms with Crippen LogP contribution in [0.3, 0.4) is 0 Å². The zero-order chi connectivity index (χ0) is 17.3. The molecule has 3 N–H and O–H groups in total. The van der Waals surface area contributed by atoms with Crippen molar-refractivity contribution in [2.75, 3.05) is 7.05 Å². The van der Waals surface area contributed by atoms with Crippen LogP contribution in [-0.2, 0) is 0 Å². The molecule has 2 aromatic heterocycles. The maximum Gasteiger partial charge on any atom is 0.405 e. The third-order valence-corrected chi connectivity index (χ3v) is 3.65. The van der Waals surface area contributed by atoms with Crippen LogP contribution >= 0.6 is 0 Å². The van der Waals surface area contributed by atoms with Gasteiger partial charge in [-0.3, -0.25) is 4.79 Å². The molecule has 0 radical (unpaired) electrons. The Morgan fingerprint density at radius 1 is 1.38 bits per heavy atom. The van der Waals surface area contributed by atoms with Gasteiger partial charge in [-0.25, -0.2) is 19.7 Å². The fraction of sp³-hybridized carbons (Fsp3) is 0.429. The third kappa shape index (κ3) is 3.16. The lowest BCUT2D eigenvalue weighted by Crippen LogP contribution is -2.27. The minimum absolute atomic E-state index is 0.191. The van der Waals surface area contributed by atoms with Crippen molar-refractivity contribution in [2.45, 2.75) is 31.7 Å². The van der Waals surface area contributed by atoms with Crippen LogP contribution in [0.1, 0.15) is 53.9 Å². The number of carboxylic acid groups (broad SMARTS) is 1. The average molecular weight is 331 g/mol. The Hall–Kier alpha value is -3.04. The van der Waals surface area contributed by atoms with E-state index in [0.717, 1.165) is 12.8 Å². The number of nitrogens with zero attached hydrogens (tertiary/aromatic N) is 5. The van der Waals surface area contributed by atoms with Crippen molar-refractivity contribution in [1.82, 2.24) is 35.4 Å². The average Bonchev–Trinajstić information content (AvgIpc) is 3.32. The predicted octanol–water partition coefficient (Wildman–Crippen LogP) is 0.623. The molecule has 1 aliphatic rings. The Labute approximate surface area is 137 Å². The molecule has 1 aliphatic carbocycles. The van der Waals surface area contributed by atoms with Crippen molar-refractivity contribution < 1.29 is 14.7 Å². The molecule has 1 atom stereocenters. The summed E-state index contributed by atoms with van der Waals surface area (Å²) in [5.74, 6) is 1.38. The van der Waals surface area contributed by atoms with Gasteiger partial charge in [0.25, 0.3) is 5.91 Å². The molecule has 0 spiro atoms.